The van der Waals surface area contributed by atoms with E-state index in [1.54, 1.807) is 0 Å². The number of hydrogen-bond donors (Lipinski definition) is 1. The number of carbonyl (C=O) groups excluding carboxylic acids is 1. The summed E-state index contributed by atoms with van der Waals surface area (Å²) in [7, 11) is 0. The van der Waals surface area contributed by atoms with Crippen LogP contribution in [0.2, 0.25) is 0 Å². The minimum absolute atomic E-state index is 0.0631. The van der Waals surface area contributed by atoms with Crippen LogP contribution in [-0.2, 0) is 11.3 Å². The zero-order valence-electron chi connectivity index (χ0n) is 10.8. The molecule has 0 aromatic heterocycles. The van der Waals surface area contributed by atoms with Gasteiger partial charge in [-0.3, -0.25) is 0 Å². The Labute approximate surface area is 113 Å². The number of nitriles is 1. The van der Waals surface area contributed by atoms with Gasteiger partial charge in [-0.1, -0.05) is 36.8 Å². The second-order valence-electron chi connectivity index (χ2n) is 4.90. The zero-order valence-corrected chi connectivity index (χ0v) is 10.8. The number of nitrogens with one attached hydrogen (secondary N) is 1. The van der Waals surface area contributed by atoms with Crippen LogP contribution in [0, 0.1) is 17.2 Å². The topological polar surface area (TPSA) is 62.1 Å². The summed E-state index contributed by atoms with van der Waals surface area (Å²) in [4.78, 5) is 11.7. The summed E-state index contributed by atoms with van der Waals surface area (Å²) >= 11 is 0. The van der Waals surface area contributed by atoms with Gasteiger partial charge < -0.3 is 10.1 Å². The van der Waals surface area contributed by atoms with Crippen LogP contribution in [0.25, 0.3) is 0 Å². The van der Waals surface area contributed by atoms with Crippen molar-refractivity contribution in [2.45, 2.75) is 38.3 Å². The Kier molecular flexibility index (Phi) is 4.79. The number of carbonyl (C=O) groups is 1. The molecular formula is C15H18N2O2. The fourth-order valence-corrected chi connectivity index (χ4v) is 2.37. The van der Waals surface area contributed by atoms with Crippen molar-refractivity contribution >= 4 is 6.09 Å². The molecule has 0 saturated heterocycles. The number of alkyl carbamates (subject to hydrolysis) is 1. The molecule has 1 aromatic rings. The van der Waals surface area contributed by atoms with Crippen LogP contribution in [0.4, 0.5) is 4.79 Å². The smallest absolute Gasteiger partial charge is 0.407 e. The normalized spacial score (nSPS) is 22.3. The number of nitrogens with zero attached hydrogens (tertiary/aromatic N) is 1. The number of amides is 1. The van der Waals surface area contributed by atoms with Gasteiger partial charge >= 0.3 is 6.09 Å². The lowest BCUT2D eigenvalue weighted by atomic mass is 9.87. The van der Waals surface area contributed by atoms with Crippen molar-refractivity contribution in [1.82, 2.24) is 5.32 Å². The fourth-order valence-electron chi connectivity index (χ4n) is 2.37. The van der Waals surface area contributed by atoms with E-state index in [9.17, 15) is 4.79 Å². The molecule has 1 aliphatic rings. The van der Waals surface area contributed by atoms with E-state index in [-0.39, 0.29) is 18.6 Å². The van der Waals surface area contributed by atoms with Crippen LogP contribution in [-0.4, -0.2) is 12.1 Å². The highest BCUT2D eigenvalue weighted by molar-refractivity contribution is 5.67. The molecule has 1 fully saturated rings. The third kappa shape index (κ3) is 4.29. The number of benzene rings is 1. The first-order valence-corrected chi connectivity index (χ1v) is 6.65. The predicted octanol–water partition coefficient (Wildman–Crippen LogP) is 3.00. The van der Waals surface area contributed by atoms with E-state index in [0.29, 0.717) is 0 Å². The van der Waals surface area contributed by atoms with E-state index in [1.807, 2.05) is 30.3 Å². The van der Waals surface area contributed by atoms with E-state index >= 15 is 0 Å². The molecule has 100 valence electrons. The molecule has 0 heterocycles. The molecule has 1 saturated carbocycles. The van der Waals surface area contributed by atoms with Crippen molar-refractivity contribution in [1.29, 1.82) is 5.26 Å². The first kappa shape index (κ1) is 13.4. The Morgan fingerprint density at radius 3 is 2.89 bits per heavy atom. The summed E-state index contributed by atoms with van der Waals surface area (Å²) in [6.45, 7) is 0.279. The van der Waals surface area contributed by atoms with Crippen LogP contribution < -0.4 is 5.32 Å². The Hall–Kier alpha value is -2.02. The van der Waals surface area contributed by atoms with Crippen molar-refractivity contribution in [2.75, 3.05) is 0 Å². The SMILES string of the molecule is N#C[C@H]1CCC[C@@H](NC(=O)OCc2ccccc2)C1. The van der Waals surface area contributed by atoms with Gasteiger partial charge in [0.15, 0.2) is 0 Å². The van der Waals surface area contributed by atoms with Gasteiger partial charge in [0.05, 0.1) is 6.07 Å². The van der Waals surface area contributed by atoms with Gasteiger partial charge in [-0.2, -0.15) is 5.26 Å². The van der Waals surface area contributed by atoms with E-state index in [4.69, 9.17) is 10.00 Å². The maximum atomic E-state index is 11.7. The Bertz CT molecular complexity index is 453. The van der Waals surface area contributed by atoms with Crippen LogP contribution >= 0.6 is 0 Å². The van der Waals surface area contributed by atoms with Crippen LogP contribution in [0.5, 0.6) is 0 Å². The lowest BCUT2D eigenvalue weighted by molar-refractivity contribution is 0.132. The second kappa shape index (κ2) is 6.79. The number of rotatable bonds is 3. The highest BCUT2D eigenvalue weighted by Crippen LogP contribution is 2.23. The summed E-state index contributed by atoms with van der Waals surface area (Å²) in [5, 5.41) is 11.7. The summed E-state index contributed by atoms with van der Waals surface area (Å²) in [6, 6.07) is 11.9. The van der Waals surface area contributed by atoms with Crippen molar-refractivity contribution < 1.29 is 9.53 Å². The summed E-state index contributed by atoms with van der Waals surface area (Å²) in [6.07, 6.45) is 3.19. The average Bonchev–Trinajstić information content (AvgIpc) is 2.46. The largest absolute Gasteiger partial charge is 0.445 e. The quantitative estimate of drug-likeness (QED) is 0.906. The van der Waals surface area contributed by atoms with Crippen LogP contribution in [0.3, 0.4) is 0 Å². The molecule has 4 heteroatoms. The molecule has 0 radical (unpaired) electrons. The molecule has 0 bridgehead atoms. The summed E-state index contributed by atoms with van der Waals surface area (Å²) in [5.74, 6) is 0.0631. The fraction of sp³-hybridized carbons (Fsp3) is 0.467. The van der Waals surface area contributed by atoms with Crippen molar-refractivity contribution in [3.8, 4) is 6.07 Å². The molecule has 0 aliphatic heterocycles. The maximum absolute atomic E-state index is 11.7. The van der Waals surface area contributed by atoms with Gasteiger partial charge in [0.2, 0.25) is 0 Å². The highest BCUT2D eigenvalue weighted by atomic mass is 16.5. The summed E-state index contributed by atoms with van der Waals surface area (Å²) in [5.41, 5.74) is 0.969. The lowest BCUT2D eigenvalue weighted by Gasteiger charge is -2.25. The average molecular weight is 258 g/mol. The second-order valence-corrected chi connectivity index (χ2v) is 4.90. The predicted molar refractivity (Wildman–Crippen MR) is 71.1 cm³/mol. The standard InChI is InChI=1S/C15H18N2O2/c16-10-13-7-4-8-14(9-13)17-15(18)19-11-12-5-2-1-3-6-12/h1-3,5-6,13-14H,4,7-9,11H2,(H,17,18)/t13-,14+/m0/s1. The van der Waals surface area contributed by atoms with Crippen molar-refractivity contribution in [2.24, 2.45) is 5.92 Å². The van der Waals surface area contributed by atoms with E-state index < -0.39 is 6.09 Å². The monoisotopic (exact) mass is 258 g/mol. The Morgan fingerprint density at radius 1 is 1.37 bits per heavy atom. The number of ether oxygens (including phenoxy) is 1. The van der Waals surface area contributed by atoms with Crippen molar-refractivity contribution in [3.05, 3.63) is 35.9 Å². The molecule has 4 nitrogen and oxygen atoms in total. The van der Waals surface area contributed by atoms with Gasteiger partial charge in [-0.25, -0.2) is 4.79 Å². The third-order valence-corrected chi connectivity index (χ3v) is 3.39. The van der Waals surface area contributed by atoms with Gasteiger partial charge in [-0.15, -0.1) is 0 Å². The number of hydrogen-bond acceptors (Lipinski definition) is 3. The molecule has 1 aliphatic carbocycles. The molecule has 2 rings (SSSR count). The minimum atomic E-state index is -0.396. The summed E-state index contributed by atoms with van der Waals surface area (Å²) < 4.78 is 5.17. The maximum Gasteiger partial charge on any atom is 0.407 e. The van der Waals surface area contributed by atoms with Crippen molar-refractivity contribution in [3.63, 3.8) is 0 Å². The van der Waals surface area contributed by atoms with Crippen LogP contribution in [0.1, 0.15) is 31.2 Å². The molecule has 1 N–H and O–H groups in total. The Balaban J connectivity index is 1.74. The molecule has 0 unspecified atom stereocenters. The van der Waals surface area contributed by atoms with Crippen LogP contribution in [0.15, 0.2) is 30.3 Å². The molecule has 0 spiro atoms. The molecular weight excluding hydrogens is 240 g/mol. The molecule has 1 aromatic carbocycles. The highest BCUT2D eigenvalue weighted by Gasteiger charge is 2.23. The van der Waals surface area contributed by atoms with E-state index in [0.717, 1.165) is 31.2 Å². The zero-order chi connectivity index (χ0) is 13.5. The van der Waals surface area contributed by atoms with E-state index in [2.05, 4.69) is 11.4 Å². The first-order chi connectivity index (χ1) is 9.28. The minimum Gasteiger partial charge on any atom is -0.445 e. The van der Waals surface area contributed by atoms with E-state index in [1.165, 1.54) is 0 Å². The van der Waals surface area contributed by atoms with Gasteiger partial charge in [-0.05, 0) is 24.8 Å². The van der Waals surface area contributed by atoms with Gasteiger partial charge in [0.1, 0.15) is 6.61 Å². The lowest BCUT2D eigenvalue weighted by Crippen LogP contribution is -2.38. The third-order valence-electron chi connectivity index (χ3n) is 3.39. The molecule has 1 amide bonds. The molecule has 2 atom stereocenters. The van der Waals surface area contributed by atoms with Gasteiger partial charge in [0.25, 0.3) is 0 Å². The first-order valence-electron chi connectivity index (χ1n) is 6.65. The Morgan fingerprint density at radius 2 is 2.16 bits per heavy atom. The molecule has 19 heavy (non-hydrogen) atoms. The van der Waals surface area contributed by atoms with Gasteiger partial charge in [0, 0.05) is 12.0 Å².